The highest BCUT2D eigenvalue weighted by Gasteiger charge is 2.28. The van der Waals surface area contributed by atoms with Crippen LogP contribution in [-0.2, 0) is 19.1 Å². The molecule has 2 fully saturated rings. The van der Waals surface area contributed by atoms with Crippen LogP contribution in [0.4, 0.5) is 11.4 Å². The lowest BCUT2D eigenvalue weighted by Gasteiger charge is -2.21. The van der Waals surface area contributed by atoms with Crippen molar-refractivity contribution >= 4 is 23.2 Å². The predicted octanol–water partition coefficient (Wildman–Crippen LogP) is 2.86. The lowest BCUT2D eigenvalue weighted by Crippen LogP contribution is -2.32. The average Bonchev–Trinajstić information content (AvgIpc) is 3.60. The molecule has 6 nitrogen and oxygen atoms in total. The van der Waals surface area contributed by atoms with Crippen LogP contribution in [0.3, 0.4) is 0 Å². The summed E-state index contributed by atoms with van der Waals surface area (Å²) < 4.78 is 10.5. The third-order valence-electron chi connectivity index (χ3n) is 5.03. The summed E-state index contributed by atoms with van der Waals surface area (Å²) in [5.41, 5.74) is 3.86. The van der Waals surface area contributed by atoms with Gasteiger partial charge in [0, 0.05) is 25.2 Å². The number of hydrogen-bond donors (Lipinski definition) is 0. The number of hydrogen-bond acceptors (Lipinski definition) is 4. The van der Waals surface area contributed by atoms with Crippen molar-refractivity contribution < 1.29 is 19.1 Å². The summed E-state index contributed by atoms with van der Waals surface area (Å²) in [5, 5.41) is 0. The van der Waals surface area contributed by atoms with Gasteiger partial charge in [0.1, 0.15) is 0 Å². The van der Waals surface area contributed by atoms with Gasteiger partial charge in [-0.2, -0.15) is 0 Å². The molecule has 0 spiro atoms. The molecule has 2 aromatic carbocycles. The van der Waals surface area contributed by atoms with Gasteiger partial charge in [-0.3, -0.25) is 9.59 Å². The van der Waals surface area contributed by atoms with Crippen LogP contribution < -0.4 is 9.80 Å². The molecule has 2 heterocycles. The molecule has 2 unspecified atom stereocenters. The van der Waals surface area contributed by atoms with Crippen molar-refractivity contribution in [3.05, 3.63) is 48.5 Å². The standard InChI is InChI=1S/C22H24N2O4/c1-15(25)23(11-21-13-27-21)19-7-3-17(4-8-19)18-5-9-20(10-6-18)24(16(2)26)12-22-14-28-22/h3-10,21-22H,11-14H2,1-2H3. The van der Waals surface area contributed by atoms with Gasteiger partial charge in [-0.1, -0.05) is 24.3 Å². The molecular weight excluding hydrogens is 356 g/mol. The summed E-state index contributed by atoms with van der Waals surface area (Å²) in [6.45, 7) is 5.77. The van der Waals surface area contributed by atoms with E-state index in [1.165, 1.54) is 0 Å². The minimum Gasteiger partial charge on any atom is -0.371 e. The number of benzene rings is 2. The fourth-order valence-corrected chi connectivity index (χ4v) is 3.25. The van der Waals surface area contributed by atoms with Gasteiger partial charge >= 0.3 is 0 Å². The average molecular weight is 380 g/mol. The molecule has 0 N–H and O–H groups in total. The molecule has 0 aromatic heterocycles. The molecule has 2 atom stereocenters. The molecule has 6 heteroatoms. The highest BCUT2D eigenvalue weighted by atomic mass is 16.6. The zero-order valence-corrected chi connectivity index (χ0v) is 16.1. The largest absolute Gasteiger partial charge is 0.371 e. The van der Waals surface area contributed by atoms with Crippen LogP contribution in [0.25, 0.3) is 11.1 Å². The molecule has 146 valence electrons. The van der Waals surface area contributed by atoms with Crippen molar-refractivity contribution in [2.24, 2.45) is 0 Å². The topological polar surface area (TPSA) is 65.7 Å². The summed E-state index contributed by atoms with van der Waals surface area (Å²) in [6, 6.07) is 15.9. The first-order valence-corrected chi connectivity index (χ1v) is 9.51. The monoisotopic (exact) mass is 380 g/mol. The van der Waals surface area contributed by atoms with Gasteiger partial charge in [0.2, 0.25) is 11.8 Å². The maximum Gasteiger partial charge on any atom is 0.223 e. The quantitative estimate of drug-likeness (QED) is 0.693. The summed E-state index contributed by atoms with van der Waals surface area (Å²) >= 11 is 0. The summed E-state index contributed by atoms with van der Waals surface area (Å²) in [7, 11) is 0. The summed E-state index contributed by atoms with van der Waals surface area (Å²) in [4.78, 5) is 27.3. The normalized spacial score (nSPS) is 19.8. The van der Waals surface area contributed by atoms with Crippen LogP contribution in [0.1, 0.15) is 13.8 Å². The van der Waals surface area contributed by atoms with E-state index in [0.29, 0.717) is 13.1 Å². The molecular formula is C22H24N2O4. The van der Waals surface area contributed by atoms with E-state index in [0.717, 1.165) is 35.7 Å². The number of carbonyl (C=O) groups is 2. The van der Waals surface area contributed by atoms with E-state index in [1.807, 2.05) is 48.5 Å². The number of nitrogens with zero attached hydrogens (tertiary/aromatic N) is 2. The second kappa shape index (κ2) is 7.73. The van der Waals surface area contributed by atoms with Crippen molar-refractivity contribution in [2.75, 3.05) is 36.1 Å². The number of rotatable bonds is 7. The van der Waals surface area contributed by atoms with Gasteiger partial charge in [-0.25, -0.2) is 0 Å². The second-order valence-electron chi connectivity index (χ2n) is 7.26. The van der Waals surface area contributed by atoms with Gasteiger partial charge in [0.15, 0.2) is 0 Å². The molecule has 0 saturated carbocycles. The molecule has 0 radical (unpaired) electrons. The van der Waals surface area contributed by atoms with Crippen molar-refractivity contribution in [1.29, 1.82) is 0 Å². The maximum absolute atomic E-state index is 11.9. The first kappa shape index (κ1) is 18.7. The van der Waals surface area contributed by atoms with Crippen molar-refractivity contribution in [3.8, 4) is 11.1 Å². The Morgan fingerprint density at radius 1 is 0.750 bits per heavy atom. The molecule has 2 aliphatic rings. The van der Waals surface area contributed by atoms with E-state index in [1.54, 1.807) is 23.6 Å². The number of ether oxygens (including phenoxy) is 2. The number of amides is 2. The Morgan fingerprint density at radius 2 is 1.07 bits per heavy atom. The SMILES string of the molecule is CC(=O)N(CC1CO1)c1ccc(-c2ccc(N(CC3CO3)C(C)=O)cc2)cc1. The van der Waals surface area contributed by atoms with Crippen LogP contribution in [0, 0.1) is 0 Å². The van der Waals surface area contributed by atoms with Crippen molar-refractivity contribution in [2.45, 2.75) is 26.1 Å². The fourth-order valence-electron chi connectivity index (χ4n) is 3.25. The molecule has 0 aliphatic carbocycles. The zero-order chi connectivity index (χ0) is 19.7. The molecule has 2 aliphatic heterocycles. The zero-order valence-electron chi connectivity index (χ0n) is 16.1. The number of anilines is 2. The van der Waals surface area contributed by atoms with Crippen molar-refractivity contribution in [3.63, 3.8) is 0 Å². The van der Waals surface area contributed by atoms with Crippen LogP contribution >= 0.6 is 0 Å². The molecule has 0 bridgehead atoms. The first-order chi connectivity index (χ1) is 13.5. The Labute approximate surface area is 164 Å². The Bertz CT molecular complexity index is 782. The van der Waals surface area contributed by atoms with Gasteiger partial charge in [-0.05, 0) is 35.4 Å². The highest BCUT2D eigenvalue weighted by molar-refractivity contribution is 5.93. The van der Waals surface area contributed by atoms with Crippen LogP contribution in [-0.4, -0.2) is 50.3 Å². The Morgan fingerprint density at radius 3 is 1.32 bits per heavy atom. The second-order valence-corrected chi connectivity index (χ2v) is 7.26. The Balaban J connectivity index is 1.49. The van der Waals surface area contributed by atoms with E-state index in [-0.39, 0.29) is 24.0 Å². The van der Waals surface area contributed by atoms with Crippen LogP contribution in [0.5, 0.6) is 0 Å². The summed E-state index contributed by atoms with van der Waals surface area (Å²) in [6.07, 6.45) is 0.308. The van der Waals surface area contributed by atoms with Crippen LogP contribution in [0.15, 0.2) is 48.5 Å². The van der Waals surface area contributed by atoms with Gasteiger partial charge in [0.25, 0.3) is 0 Å². The van der Waals surface area contributed by atoms with E-state index in [9.17, 15) is 9.59 Å². The highest BCUT2D eigenvalue weighted by Crippen LogP contribution is 2.27. The molecule has 4 rings (SSSR count). The molecule has 28 heavy (non-hydrogen) atoms. The first-order valence-electron chi connectivity index (χ1n) is 9.51. The minimum atomic E-state index is 0.0107. The third-order valence-corrected chi connectivity index (χ3v) is 5.03. The van der Waals surface area contributed by atoms with E-state index >= 15 is 0 Å². The number of epoxide rings is 2. The van der Waals surface area contributed by atoms with Gasteiger partial charge in [0.05, 0.1) is 38.5 Å². The van der Waals surface area contributed by atoms with E-state index in [2.05, 4.69) is 0 Å². The smallest absolute Gasteiger partial charge is 0.223 e. The van der Waals surface area contributed by atoms with E-state index < -0.39 is 0 Å². The molecule has 2 amide bonds. The van der Waals surface area contributed by atoms with Gasteiger partial charge < -0.3 is 19.3 Å². The van der Waals surface area contributed by atoms with Gasteiger partial charge in [-0.15, -0.1) is 0 Å². The lowest BCUT2D eigenvalue weighted by molar-refractivity contribution is -0.117. The Kier molecular flexibility index (Phi) is 5.15. The molecule has 2 aromatic rings. The van der Waals surface area contributed by atoms with Crippen molar-refractivity contribution in [1.82, 2.24) is 0 Å². The maximum atomic E-state index is 11.9. The minimum absolute atomic E-state index is 0.0107. The third kappa shape index (κ3) is 4.40. The Hall–Kier alpha value is -2.70. The predicted molar refractivity (Wildman–Crippen MR) is 107 cm³/mol. The number of carbonyl (C=O) groups excluding carboxylic acids is 2. The van der Waals surface area contributed by atoms with E-state index in [4.69, 9.17) is 9.47 Å². The molecule has 2 saturated heterocycles. The lowest BCUT2D eigenvalue weighted by atomic mass is 10.0. The van der Waals surface area contributed by atoms with Crippen LogP contribution in [0.2, 0.25) is 0 Å². The summed E-state index contributed by atoms with van der Waals surface area (Å²) in [5.74, 6) is 0.0214. The fraction of sp³-hybridized carbons (Fsp3) is 0.364.